The van der Waals surface area contributed by atoms with Crippen LogP contribution < -0.4 is 0 Å². The second kappa shape index (κ2) is 6.25. The zero-order valence-corrected chi connectivity index (χ0v) is 11.3. The van der Waals surface area contributed by atoms with Crippen LogP contribution in [0.3, 0.4) is 0 Å². The van der Waals surface area contributed by atoms with E-state index < -0.39 is 0 Å². The van der Waals surface area contributed by atoms with Gasteiger partial charge in [0, 0.05) is 24.7 Å². The van der Waals surface area contributed by atoms with E-state index in [1.807, 2.05) is 24.3 Å². The number of hydrogen-bond donors (Lipinski definition) is 0. The molecule has 1 aromatic carbocycles. The van der Waals surface area contributed by atoms with Crippen LogP contribution in [0.5, 0.6) is 0 Å². The molecule has 4 heteroatoms. The highest BCUT2D eigenvalue weighted by atomic mass is 35.5. The monoisotopic (exact) mass is 275 g/mol. The first-order valence-corrected chi connectivity index (χ1v) is 6.24. The van der Waals surface area contributed by atoms with Gasteiger partial charge in [0.2, 0.25) is 5.91 Å². The highest BCUT2D eigenvalue weighted by molar-refractivity contribution is 6.30. The number of furan rings is 1. The highest BCUT2D eigenvalue weighted by Gasteiger charge is 2.05. The van der Waals surface area contributed by atoms with Crippen molar-refractivity contribution in [3.8, 4) is 0 Å². The van der Waals surface area contributed by atoms with E-state index in [2.05, 4.69) is 0 Å². The summed E-state index contributed by atoms with van der Waals surface area (Å²) in [5.41, 5.74) is 1.03. The molecular formula is C15H14ClNO2. The fraction of sp³-hybridized carbons (Fsp3) is 0.133. The molecule has 0 N–H and O–H groups in total. The van der Waals surface area contributed by atoms with Gasteiger partial charge in [0.15, 0.2) is 0 Å². The van der Waals surface area contributed by atoms with Gasteiger partial charge in [-0.15, -0.1) is 0 Å². The van der Waals surface area contributed by atoms with Crippen molar-refractivity contribution in [1.29, 1.82) is 0 Å². The number of benzene rings is 1. The zero-order valence-electron chi connectivity index (χ0n) is 10.5. The van der Waals surface area contributed by atoms with E-state index in [0.29, 0.717) is 17.3 Å². The van der Waals surface area contributed by atoms with Crippen molar-refractivity contribution < 1.29 is 9.21 Å². The van der Waals surface area contributed by atoms with Crippen LogP contribution in [0.1, 0.15) is 11.3 Å². The van der Waals surface area contributed by atoms with Crippen molar-refractivity contribution in [1.82, 2.24) is 4.90 Å². The topological polar surface area (TPSA) is 33.5 Å². The van der Waals surface area contributed by atoms with Gasteiger partial charge in [-0.25, -0.2) is 0 Å². The molecule has 2 aromatic rings. The molecule has 0 atom stereocenters. The molecule has 0 fully saturated rings. The molecule has 3 nitrogen and oxygen atoms in total. The lowest BCUT2D eigenvalue weighted by atomic mass is 10.2. The minimum absolute atomic E-state index is 0.0775. The van der Waals surface area contributed by atoms with Crippen LogP contribution in [0.15, 0.2) is 53.2 Å². The summed E-state index contributed by atoms with van der Waals surface area (Å²) >= 11 is 5.82. The van der Waals surface area contributed by atoms with Gasteiger partial charge in [0.25, 0.3) is 0 Å². The average molecular weight is 276 g/mol. The SMILES string of the molecule is CN(Cc1ccc(Cl)cc1)C(=O)C=Cc1ccco1. The summed E-state index contributed by atoms with van der Waals surface area (Å²) < 4.78 is 5.12. The van der Waals surface area contributed by atoms with Gasteiger partial charge in [-0.05, 0) is 35.9 Å². The lowest BCUT2D eigenvalue weighted by Crippen LogP contribution is -2.24. The summed E-state index contributed by atoms with van der Waals surface area (Å²) in [6.45, 7) is 0.540. The number of amides is 1. The van der Waals surface area contributed by atoms with Gasteiger partial charge in [-0.3, -0.25) is 4.79 Å². The summed E-state index contributed by atoms with van der Waals surface area (Å²) in [6.07, 6.45) is 4.72. The van der Waals surface area contributed by atoms with Gasteiger partial charge in [-0.1, -0.05) is 23.7 Å². The van der Waals surface area contributed by atoms with Gasteiger partial charge in [0.1, 0.15) is 5.76 Å². The molecule has 0 bridgehead atoms. The van der Waals surface area contributed by atoms with Crippen LogP contribution in [0, 0.1) is 0 Å². The van der Waals surface area contributed by atoms with E-state index in [-0.39, 0.29) is 5.91 Å². The van der Waals surface area contributed by atoms with E-state index in [1.165, 1.54) is 6.08 Å². The Bertz CT molecular complexity index is 558. The minimum Gasteiger partial charge on any atom is -0.465 e. The van der Waals surface area contributed by atoms with Crippen molar-refractivity contribution in [3.63, 3.8) is 0 Å². The van der Waals surface area contributed by atoms with E-state index in [1.54, 1.807) is 36.4 Å². The summed E-state index contributed by atoms with van der Waals surface area (Å²) in [5.74, 6) is 0.583. The molecule has 0 saturated heterocycles. The van der Waals surface area contributed by atoms with Crippen molar-refractivity contribution >= 4 is 23.6 Å². The van der Waals surface area contributed by atoms with Gasteiger partial charge in [0.05, 0.1) is 6.26 Å². The van der Waals surface area contributed by atoms with Crippen LogP contribution in [-0.4, -0.2) is 17.9 Å². The molecule has 1 aromatic heterocycles. The molecule has 0 unspecified atom stereocenters. The normalized spacial score (nSPS) is 10.8. The Kier molecular flexibility index (Phi) is 4.42. The zero-order chi connectivity index (χ0) is 13.7. The summed E-state index contributed by atoms with van der Waals surface area (Å²) in [6, 6.07) is 11.0. The van der Waals surface area contributed by atoms with Crippen LogP contribution in [0.2, 0.25) is 5.02 Å². The Morgan fingerprint density at radius 1 is 1.32 bits per heavy atom. The first kappa shape index (κ1) is 13.4. The lowest BCUT2D eigenvalue weighted by Gasteiger charge is -2.15. The van der Waals surface area contributed by atoms with Crippen molar-refractivity contribution in [2.45, 2.75) is 6.54 Å². The molecule has 0 aliphatic carbocycles. The highest BCUT2D eigenvalue weighted by Crippen LogP contribution is 2.11. The molecule has 98 valence electrons. The molecule has 0 aliphatic heterocycles. The third kappa shape index (κ3) is 4.00. The number of nitrogens with zero attached hydrogens (tertiary/aromatic N) is 1. The first-order chi connectivity index (χ1) is 9.15. The average Bonchev–Trinajstić information content (AvgIpc) is 2.91. The first-order valence-electron chi connectivity index (χ1n) is 5.86. The lowest BCUT2D eigenvalue weighted by molar-refractivity contribution is -0.125. The third-order valence-corrected chi connectivity index (χ3v) is 2.89. The second-order valence-corrected chi connectivity index (χ2v) is 4.61. The molecule has 2 rings (SSSR count). The van der Waals surface area contributed by atoms with Crippen molar-refractivity contribution in [2.75, 3.05) is 7.05 Å². The molecular weight excluding hydrogens is 262 g/mol. The number of halogens is 1. The maximum absolute atomic E-state index is 11.9. The molecule has 1 heterocycles. The predicted octanol–water partition coefficient (Wildman–Crippen LogP) is 3.60. The number of carbonyl (C=O) groups excluding carboxylic acids is 1. The minimum atomic E-state index is -0.0775. The molecule has 0 saturated carbocycles. The predicted molar refractivity (Wildman–Crippen MR) is 75.7 cm³/mol. The van der Waals surface area contributed by atoms with Crippen LogP contribution in [0.25, 0.3) is 6.08 Å². The number of hydrogen-bond acceptors (Lipinski definition) is 2. The molecule has 0 spiro atoms. The smallest absolute Gasteiger partial charge is 0.246 e. The van der Waals surface area contributed by atoms with Crippen LogP contribution in [-0.2, 0) is 11.3 Å². The fourth-order valence-corrected chi connectivity index (χ4v) is 1.73. The number of carbonyl (C=O) groups is 1. The van der Waals surface area contributed by atoms with E-state index in [0.717, 1.165) is 5.56 Å². The summed E-state index contributed by atoms with van der Waals surface area (Å²) in [7, 11) is 1.75. The van der Waals surface area contributed by atoms with Gasteiger partial charge >= 0.3 is 0 Å². The van der Waals surface area contributed by atoms with E-state index in [9.17, 15) is 4.79 Å². The summed E-state index contributed by atoms with van der Waals surface area (Å²) in [5, 5.41) is 0.690. The maximum atomic E-state index is 11.9. The summed E-state index contributed by atoms with van der Waals surface area (Å²) in [4.78, 5) is 13.5. The fourth-order valence-electron chi connectivity index (χ4n) is 1.61. The van der Waals surface area contributed by atoms with E-state index in [4.69, 9.17) is 16.0 Å². The number of likely N-dealkylation sites (N-methyl/N-ethyl adjacent to an activating group) is 1. The van der Waals surface area contributed by atoms with Crippen molar-refractivity contribution in [3.05, 3.63) is 65.1 Å². The third-order valence-electron chi connectivity index (χ3n) is 2.64. The second-order valence-electron chi connectivity index (χ2n) is 4.17. The molecule has 0 aliphatic rings. The van der Waals surface area contributed by atoms with E-state index >= 15 is 0 Å². The van der Waals surface area contributed by atoms with Crippen molar-refractivity contribution in [2.24, 2.45) is 0 Å². The van der Waals surface area contributed by atoms with Gasteiger partial charge in [-0.2, -0.15) is 0 Å². The maximum Gasteiger partial charge on any atom is 0.246 e. The Labute approximate surface area is 117 Å². The Morgan fingerprint density at radius 3 is 2.68 bits per heavy atom. The standard InChI is InChI=1S/C15H14ClNO2/c1-17(11-12-4-6-13(16)7-5-12)15(18)9-8-14-3-2-10-19-14/h2-10H,11H2,1H3. The van der Waals surface area contributed by atoms with Crippen LogP contribution >= 0.6 is 11.6 Å². The Hall–Kier alpha value is -2.00. The van der Waals surface area contributed by atoms with Gasteiger partial charge < -0.3 is 9.32 Å². The quantitative estimate of drug-likeness (QED) is 0.799. The number of rotatable bonds is 4. The Morgan fingerprint density at radius 2 is 2.05 bits per heavy atom. The largest absolute Gasteiger partial charge is 0.465 e. The molecule has 0 radical (unpaired) electrons. The van der Waals surface area contributed by atoms with Crippen LogP contribution in [0.4, 0.5) is 0 Å². The molecule has 1 amide bonds. The molecule has 19 heavy (non-hydrogen) atoms. The Balaban J connectivity index is 1.94.